The number of rotatable bonds is 6. The molecule has 128 valence electrons. The van der Waals surface area contributed by atoms with E-state index >= 15 is 0 Å². The number of carbonyl (C=O) groups excluding carboxylic acids is 1. The zero-order valence-corrected chi connectivity index (χ0v) is 14.0. The molecule has 0 saturated carbocycles. The third-order valence-electron chi connectivity index (χ3n) is 3.81. The van der Waals surface area contributed by atoms with Crippen LogP contribution in [0.2, 0.25) is 0 Å². The van der Waals surface area contributed by atoms with Gasteiger partial charge in [0.05, 0.1) is 13.0 Å². The summed E-state index contributed by atoms with van der Waals surface area (Å²) >= 11 is 0. The summed E-state index contributed by atoms with van der Waals surface area (Å²) in [5, 5.41) is 6.15. The molecule has 2 N–H and O–H groups in total. The number of nitrogens with one attached hydrogen (secondary N) is 2. The lowest BCUT2D eigenvalue weighted by Crippen LogP contribution is -2.24. The van der Waals surface area contributed by atoms with Crippen molar-refractivity contribution in [3.63, 3.8) is 0 Å². The molecular formula is C18H20ClFN2O2. The normalized spacial score (nSPS) is 12.2. The molecule has 1 aliphatic rings. The highest BCUT2D eigenvalue weighted by Crippen LogP contribution is 2.17. The summed E-state index contributed by atoms with van der Waals surface area (Å²) in [5.74, 6) is -0.356. The van der Waals surface area contributed by atoms with Crippen molar-refractivity contribution in [3.05, 3.63) is 65.0 Å². The van der Waals surface area contributed by atoms with E-state index in [1.807, 2.05) is 6.07 Å². The Morgan fingerprint density at radius 1 is 1.17 bits per heavy atom. The monoisotopic (exact) mass is 350 g/mol. The van der Waals surface area contributed by atoms with E-state index in [1.165, 1.54) is 17.2 Å². The molecule has 3 rings (SSSR count). The predicted molar refractivity (Wildman–Crippen MR) is 92.6 cm³/mol. The van der Waals surface area contributed by atoms with Gasteiger partial charge < -0.3 is 15.4 Å². The van der Waals surface area contributed by atoms with E-state index in [4.69, 9.17) is 4.74 Å². The van der Waals surface area contributed by atoms with E-state index < -0.39 is 5.82 Å². The number of hydrogen-bond donors (Lipinski definition) is 2. The molecule has 0 fully saturated rings. The van der Waals surface area contributed by atoms with Crippen molar-refractivity contribution >= 4 is 18.3 Å². The van der Waals surface area contributed by atoms with Gasteiger partial charge >= 0.3 is 0 Å². The number of amides is 1. The quantitative estimate of drug-likeness (QED) is 0.842. The highest BCUT2D eigenvalue weighted by Gasteiger charge is 2.10. The molecule has 24 heavy (non-hydrogen) atoms. The van der Waals surface area contributed by atoms with Gasteiger partial charge in [-0.2, -0.15) is 0 Å². The maximum Gasteiger partial charge on any atom is 0.223 e. The number of fused-ring (bicyclic) bond motifs is 1. The number of ether oxygens (including phenoxy) is 1. The SMILES string of the molecule is Cl.O=C(CCOc1ccccc1F)NCc1ccc2c(c1)CNC2. The Bertz CT molecular complexity index is 709. The molecule has 0 radical (unpaired) electrons. The first-order valence-corrected chi connectivity index (χ1v) is 7.68. The lowest BCUT2D eigenvalue weighted by Gasteiger charge is -2.09. The van der Waals surface area contributed by atoms with Gasteiger partial charge in [-0.25, -0.2) is 4.39 Å². The van der Waals surface area contributed by atoms with Crippen LogP contribution in [0.3, 0.4) is 0 Å². The van der Waals surface area contributed by atoms with Crippen LogP contribution in [0.5, 0.6) is 5.75 Å². The Labute approximate surface area is 146 Å². The minimum absolute atomic E-state index is 0. The van der Waals surface area contributed by atoms with Crippen LogP contribution in [-0.4, -0.2) is 12.5 Å². The second kappa shape index (κ2) is 8.66. The molecule has 0 unspecified atom stereocenters. The van der Waals surface area contributed by atoms with Gasteiger partial charge in [0.25, 0.3) is 0 Å². The third-order valence-corrected chi connectivity index (χ3v) is 3.81. The molecule has 2 aromatic rings. The van der Waals surface area contributed by atoms with Crippen LogP contribution in [0.15, 0.2) is 42.5 Å². The highest BCUT2D eigenvalue weighted by atomic mass is 35.5. The van der Waals surface area contributed by atoms with Crippen LogP contribution in [-0.2, 0) is 24.4 Å². The Balaban J connectivity index is 0.00000208. The van der Waals surface area contributed by atoms with E-state index in [0.29, 0.717) is 6.54 Å². The average Bonchev–Trinajstić information content (AvgIpc) is 3.02. The highest BCUT2D eigenvalue weighted by molar-refractivity contribution is 5.85. The topological polar surface area (TPSA) is 50.4 Å². The largest absolute Gasteiger partial charge is 0.490 e. The molecule has 0 bridgehead atoms. The van der Waals surface area contributed by atoms with Crippen molar-refractivity contribution in [2.75, 3.05) is 6.61 Å². The Hall–Kier alpha value is -2.11. The van der Waals surface area contributed by atoms with E-state index in [1.54, 1.807) is 18.2 Å². The second-order valence-electron chi connectivity index (χ2n) is 5.51. The first-order chi connectivity index (χ1) is 11.2. The van der Waals surface area contributed by atoms with Crippen molar-refractivity contribution in [2.45, 2.75) is 26.1 Å². The van der Waals surface area contributed by atoms with Gasteiger partial charge in [-0.15, -0.1) is 12.4 Å². The van der Waals surface area contributed by atoms with Gasteiger partial charge in [0.1, 0.15) is 0 Å². The number of halogens is 2. The van der Waals surface area contributed by atoms with Gasteiger partial charge in [0.15, 0.2) is 11.6 Å². The minimum atomic E-state index is -0.417. The summed E-state index contributed by atoms with van der Waals surface area (Å²) in [6, 6.07) is 12.4. The Morgan fingerprint density at radius 3 is 2.79 bits per heavy atom. The van der Waals surface area contributed by atoms with Crippen LogP contribution < -0.4 is 15.4 Å². The van der Waals surface area contributed by atoms with Crippen molar-refractivity contribution in [2.24, 2.45) is 0 Å². The van der Waals surface area contributed by atoms with Gasteiger partial charge in [-0.3, -0.25) is 4.79 Å². The second-order valence-corrected chi connectivity index (χ2v) is 5.51. The fourth-order valence-electron chi connectivity index (χ4n) is 2.56. The molecule has 0 spiro atoms. The molecule has 0 saturated heterocycles. The molecule has 2 aromatic carbocycles. The van der Waals surface area contributed by atoms with Gasteiger partial charge in [0, 0.05) is 19.6 Å². The maximum absolute atomic E-state index is 13.4. The summed E-state index contributed by atoms with van der Waals surface area (Å²) in [5.41, 5.74) is 3.69. The van der Waals surface area contributed by atoms with Crippen LogP contribution in [0.1, 0.15) is 23.1 Å². The van der Waals surface area contributed by atoms with Gasteiger partial charge in [0.2, 0.25) is 5.91 Å². The van der Waals surface area contributed by atoms with Crippen molar-refractivity contribution in [1.29, 1.82) is 0 Å². The number of carbonyl (C=O) groups is 1. The van der Waals surface area contributed by atoms with Gasteiger partial charge in [-0.05, 0) is 28.8 Å². The zero-order chi connectivity index (χ0) is 16.1. The summed E-state index contributed by atoms with van der Waals surface area (Å²) < 4.78 is 18.6. The minimum Gasteiger partial charge on any atom is -0.490 e. The van der Waals surface area contributed by atoms with Crippen LogP contribution in [0.4, 0.5) is 4.39 Å². The van der Waals surface area contributed by atoms with Crippen LogP contribution >= 0.6 is 12.4 Å². The fourth-order valence-corrected chi connectivity index (χ4v) is 2.56. The van der Waals surface area contributed by atoms with Crippen LogP contribution in [0.25, 0.3) is 0 Å². The lowest BCUT2D eigenvalue weighted by molar-refractivity contribution is -0.121. The lowest BCUT2D eigenvalue weighted by atomic mass is 10.1. The van der Waals surface area contributed by atoms with E-state index in [0.717, 1.165) is 18.7 Å². The first kappa shape index (κ1) is 18.2. The molecular weight excluding hydrogens is 331 g/mol. The van der Waals surface area contributed by atoms with Crippen molar-refractivity contribution in [3.8, 4) is 5.75 Å². The maximum atomic E-state index is 13.4. The van der Waals surface area contributed by atoms with E-state index in [9.17, 15) is 9.18 Å². The third kappa shape index (κ3) is 4.69. The summed E-state index contributed by atoms with van der Waals surface area (Å²) in [7, 11) is 0. The molecule has 0 aliphatic carbocycles. The molecule has 0 atom stereocenters. The number of para-hydroxylation sites is 1. The summed E-state index contributed by atoms with van der Waals surface area (Å²) in [6.45, 7) is 2.44. The molecule has 0 aromatic heterocycles. The fraction of sp³-hybridized carbons (Fsp3) is 0.278. The van der Waals surface area contributed by atoms with Crippen LogP contribution in [0, 0.1) is 5.82 Å². The molecule has 1 amide bonds. The predicted octanol–water partition coefficient (Wildman–Crippen LogP) is 2.94. The zero-order valence-electron chi connectivity index (χ0n) is 13.2. The Kier molecular flexibility index (Phi) is 6.58. The van der Waals surface area contributed by atoms with Gasteiger partial charge in [-0.1, -0.05) is 30.3 Å². The first-order valence-electron chi connectivity index (χ1n) is 7.68. The molecule has 6 heteroatoms. The number of benzene rings is 2. The van der Waals surface area contributed by atoms with E-state index in [-0.39, 0.29) is 37.1 Å². The average molecular weight is 351 g/mol. The van der Waals surface area contributed by atoms with Crippen molar-refractivity contribution < 1.29 is 13.9 Å². The molecule has 4 nitrogen and oxygen atoms in total. The standard InChI is InChI=1S/C18H19FN2O2.ClH/c19-16-3-1-2-4-17(16)23-8-7-18(22)21-10-13-5-6-14-11-20-12-15(14)9-13;/h1-6,9,20H,7-8,10-12H2,(H,21,22);1H. The Morgan fingerprint density at radius 2 is 1.96 bits per heavy atom. The van der Waals surface area contributed by atoms with Crippen molar-refractivity contribution in [1.82, 2.24) is 10.6 Å². The summed E-state index contributed by atoms with van der Waals surface area (Å²) in [4.78, 5) is 11.8. The molecule has 1 aliphatic heterocycles. The smallest absolute Gasteiger partial charge is 0.223 e. The van der Waals surface area contributed by atoms with E-state index in [2.05, 4.69) is 22.8 Å². The molecule has 1 heterocycles. The summed E-state index contributed by atoms with van der Waals surface area (Å²) in [6.07, 6.45) is 0.195. The number of hydrogen-bond acceptors (Lipinski definition) is 3.